The van der Waals surface area contributed by atoms with E-state index in [1.807, 2.05) is 11.6 Å². The maximum Gasteiger partial charge on any atom is 0.0898 e. The first kappa shape index (κ1) is 6.89. The zero-order valence-electron chi connectivity index (χ0n) is 7.09. The number of hydrogen-bond donors (Lipinski definition) is 0. The first-order valence-electron chi connectivity index (χ1n) is 4.19. The Bertz CT molecular complexity index is 239. The van der Waals surface area contributed by atoms with Gasteiger partial charge in [0.05, 0.1) is 11.9 Å². The molecule has 0 amide bonds. The van der Waals surface area contributed by atoms with Gasteiger partial charge in [0.1, 0.15) is 0 Å². The molecule has 11 heavy (non-hydrogen) atoms. The molecular weight excluding hydrogens is 136 g/mol. The summed E-state index contributed by atoms with van der Waals surface area (Å²) < 4.78 is 1.96. The van der Waals surface area contributed by atoms with E-state index in [9.17, 15) is 0 Å². The van der Waals surface area contributed by atoms with Crippen molar-refractivity contribution in [2.24, 2.45) is 5.92 Å². The van der Waals surface area contributed by atoms with E-state index >= 15 is 0 Å². The van der Waals surface area contributed by atoms with Gasteiger partial charge in [0.25, 0.3) is 0 Å². The highest BCUT2D eigenvalue weighted by Crippen LogP contribution is 2.30. The summed E-state index contributed by atoms with van der Waals surface area (Å²) in [5.41, 5.74) is 2.30. The molecule has 0 bridgehead atoms. The van der Waals surface area contributed by atoms with E-state index in [4.69, 9.17) is 0 Å². The van der Waals surface area contributed by atoms with E-state index in [0.29, 0.717) is 0 Å². The third kappa shape index (κ3) is 1.44. The summed E-state index contributed by atoms with van der Waals surface area (Å²) in [4.78, 5) is 0. The molecule has 59 valence electrons. The average Bonchev–Trinajstić information content (AvgIpc) is 2.65. The highest BCUT2D eigenvalue weighted by Gasteiger charge is 2.22. The van der Waals surface area contributed by atoms with Gasteiger partial charge in [0, 0.05) is 6.54 Å². The van der Waals surface area contributed by atoms with Crippen molar-refractivity contribution in [3.05, 3.63) is 17.5 Å². The van der Waals surface area contributed by atoms with Crippen LogP contribution in [0.5, 0.6) is 0 Å². The van der Waals surface area contributed by atoms with Crippen LogP contribution in [0, 0.1) is 26.0 Å². The Labute approximate surface area is 67.2 Å². The fraction of sp³-hybridized carbons (Fsp3) is 0.667. The summed E-state index contributed by atoms with van der Waals surface area (Å²) in [7, 11) is 0. The van der Waals surface area contributed by atoms with Crippen LogP contribution in [0.2, 0.25) is 0 Å². The molecule has 0 atom stereocenters. The van der Waals surface area contributed by atoms with Gasteiger partial charge < -0.3 is 0 Å². The van der Waals surface area contributed by atoms with Crippen LogP contribution >= 0.6 is 0 Å². The fourth-order valence-electron chi connectivity index (χ4n) is 1.19. The number of aryl methyl sites for hydroxylation is 2. The predicted molar refractivity (Wildman–Crippen MR) is 43.3 cm³/mol. The predicted octanol–water partition coefficient (Wildman–Crippen LogP) is 1.71. The summed E-state index contributed by atoms with van der Waals surface area (Å²) in [5, 5.41) is 4.35. The minimum Gasteiger partial charge on any atom is -0.262 e. The third-order valence-corrected chi connectivity index (χ3v) is 2.24. The zero-order chi connectivity index (χ0) is 7.84. The first-order chi connectivity index (χ1) is 5.25. The summed E-state index contributed by atoms with van der Waals surface area (Å²) >= 11 is 0. The van der Waals surface area contributed by atoms with E-state index in [0.717, 1.165) is 18.2 Å². The molecule has 1 aliphatic carbocycles. The highest BCUT2D eigenvalue weighted by atomic mass is 15.3. The lowest BCUT2D eigenvalue weighted by molar-refractivity contribution is 0.556. The Hall–Kier alpha value is -0.790. The van der Waals surface area contributed by atoms with E-state index in [1.54, 1.807) is 0 Å². The molecule has 0 spiro atoms. The van der Waals surface area contributed by atoms with Gasteiger partial charge in [-0.1, -0.05) is 0 Å². The summed E-state index contributed by atoms with van der Waals surface area (Å²) in [5.74, 6) is 0.893. The highest BCUT2D eigenvalue weighted by molar-refractivity contribution is 5.10. The smallest absolute Gasteiger partial charge is 0.0898 e. The van der Waals surface area contributed by atoms with Crippen LogP contribution in [-0.4, -0.2) is 9.78 Å². The molecule has 2 rings (SSSR count). The number of nitrogens with zero attached hydrogens (tertiary/aromatic N) is 2. The Kier molecular flexibility index (Phi) is 1.48. The minimum atomic E-state index is 0.893. The maximum absolute atomic E-state index is 4.35. The molecule has 1 fully saturated rings. The normalized spacial score (nSPS) is 17.3. The second-order valence-corrected chi connectivity index (χ2v) is 3.45. The molecule has 1 aromatic heterocycles. The molecule has 2 nitrogen and oxygen atoms in total. The van der Waals surface area contributed by atoms with Gasteiger partial charge in [0.15, 0.2) is 0 Å². The van der Waals surface area contributed by atoms with Crippen molar-refractivity contribution < 1.29 is 0 Å². The Morgan fingerprint density at radius 2 is 2.27 bits per heavy atom. The molecule has 0 saturated heterocycles. The molecule has 1 radical (unpaired) electrons. The Morgan fingerprint density at radius 1 is 1.55 bits per heavy atom. The largest absolute Gasteiger partial charge is 0.262 e. The van der Waals surface area contributed by atoms with Crippen LogP contribution in [0.3, 0.4) is 0 Å². The van der Waals surface area contributed by atoms with Crippen molar-refractivity contribution in [3.8, 4) is 0 Å². The van der Waals surface area contributed by atoms with Crippen LogP contribution in [-0.2, 0) is 6.54 Å². The monoisotopic (exact) mass is 149 g/mol. The third-order valence-electron chi connectivity index (χ3n) is 2.24. The molecule has 1 aliphatic rings. The molecule has 0 unspecified atom stereocenters. The van der Waals surface area contributed by atoms with Crippen molar-refractivity contribution >= 4 is 0 Å². The quantitative estimate of drug-likeness (QED) is 0.626. The lowest BCUT2D eigenvalue weighted by atomic mass is 10.3. The van der Waals surface area contributed by atoms with Gasteiger partial charge in [-0.2, -0.15) is 5.10 Å². The van der Waals surface area contributed by atoms with Crippen molar-refractivity contribution in [3.63, 3.8) is 0 Å². The standard InChI is InChI=1S/C9H13N2/c1-7-5-11(10-8(7)2)6-9-3-4-9/h9H,3-4,6H2,1-2H3. The number of aromatic nitrogens is 2. The van der Waals surface area contributed by atoms with Gasteiger partial charge in [-0.3, -0.25) is 4.68 Å². The second kappa shape index (κ2) is 2.36. The van der Waals surface area contributed by atoms with Crippen LogP contribution in [0.1, 0.15) is 24.1 Å². The van der Waals surface area contributed by atoms with Gasteiger partial charge >= 0.3 is 0 Å². The lowest BCUT2D eigenvalue weighted by Crippen LogP contribution is -2.00. The van der Waals surface area contributed by atoms with Gasteiger partial charge in [0.2, 0.25) is 0 Å². The van der Waals surface area contributed by atoms with E-state index in [-0.39, 0.29) is 0 Å². The van der Waals surface area contributed by atoms with Gasteiger partial charge in [-0.15, -0.1) is 0 Å². The number of rotatable bonds is 2. The molecule has 2 heteroatoms. The minimum absolute atomic E-state index is 0.893. The van der Waals surface area contributed by atoms with Crippen LogP contribution in [0.25, 0.3) is 0 Å². The molecule has 0 N–H and O–H groups in total. The molecule has 0 aliphatic heterocycles. The van der Waals surface area contributed by atoms with E-state index in [2.05, 4.69) is 18.2 Å². The molecule has 1 heterocycles. The number of hydrogen-bond acceptors (Lipinski definition) is 1. The topological polar surface area (TPSA) is 17.8 Å². The van der Waals surface area contributed by atoms with Gasteiger partial charge in [-0.25, -0.2) is 0 Å². The SMILES string of the molecule is Cc1[c]n(CC2CC2)nc1C. The van der Waals surface area contributed by atoms with Crippen LogP contribution in [0.15, 0.2) is 0 Å². The molecule has 1 aromatic rings. The van der Waals surface area contributed by atoms with Crippen LogP contribution < -0.4 is 0 Å². The first-order valence-corrected chi connectivity index (χ1v) is 4.19. The molecular formula is C9H13N2. The van der Waals surface area contributed by atoms with E-state index in [1.165, 1.54) is 18.4 Å². The van der Waals surface area contributed by atoms with Gasteiger partial charge in [-0.05, 0) is 38.2 Å². The average molecular weight is 149 g/mol. The van der Waals surface area contributed by atoms with Crippen molar-refractivity contribution in [1.29, 1.82) is 0 Å². The zero-order valence-corrected chi connectivity index (χ0v) is 7.09. The summed E-state index contributed by atoms with van der Waals surface area (Å²) in [6, 6.07) is 0. The maximum atomic E-state index is 4.35. The fourth-order valence-corrected chi connectivity index (χ4v) is 1.19. The molecule has 1 saturated carbocycles. The van der Waals surface area contributed by atoms with E-state index < -0.39 is 0 Å². The lowest BCUT2D eigenvalue weighted by Gasteiger charge is -1.95. The van der Waals surface area contributed by atoms with Crippen molar-refractivity contribution in [2.45, 2.75) is 33.2 Å². The van der Waals surface area contributed by atoms with Crippen LogP contribution in [0.4, 0.5) is 0 Å². The second-order valence-electron chi connectivity index (χ2n) is 3.45. The summed E-state index contributed by atoms with van der Waals surface area (Å²) in [6.45, 7) is 5.18. The Morgan fingerprint density at radius 3 is 2.73 bits per heavy atom. The van der Waals surface area contributed by atoms with Crippen molar-refractivity contribution in [1.82, 2.24) is 9.78 Å². The summed E-state index contributed by atoms with van der Waals surface area (Å²) in [6.07, 6.45) is 5.98. The van der Waals surface area contributed by atoms with Crippen molar-refractivity contribution in [2.75, 3.05) is 0 Å². The Balaban J connectivity index is 2.11. The molecule has 0 aromatic carbocycles.